The van der Waals surface area contributed by atoms with E-state index < -0.39 is 0 Å². The van der Waals surface area contributed by atoms with Crippen LogP contribution in [0, 0.1) is 0 Å². The predicted molar refractivity (Wildman–Crippen MR) is 61.9 cm³/mol. The topological polar surface area (TPSA) is 29.3 Å². The molecule has 0 aromatic heterocycles. The molecule has 0 aliphatic carbocycles. The third-order valence-electron chi connectivity index (χ3n) is 2.69. The largest absolute Gasteiger partial charge is 0.397 e. The molecule has 2 rings (SSSR count). The first-order chi connectivity index (χ1) is 6.79. The fraction of sp³-hybridized carbons (Fsp3) is 0.455. The monoisotopic (exact) mass is 210 g/mol. The molecule has 0 bridgehead atoms. The fourth-order valence-corrected chi connectivity index (χ4v) is 2.28. The normalized spacial score (nSPS) is 17.1. The molecule has 1 heterocycles. The van der Waals surface area contributed by atoms with Gasteiger partial charge >= 0.3 is 0 Å². The van der Waals surface area contributed by atoms with E-state index in [0.29, 0.717) is 0 Å². The van der Waals surface area contributed by atoms with Crippen LogP contribution in [0.3, 0.4) is 0 Å². The zero-order valence-electron chi connectivity index (χ0n) is 8.17. The summed E-state index contributed by atoms with van der Waals surface area (Å²) >= 11 is 6.14. The van der Waals surface area contributed by atoms with Crippen molar-refractivity contribution in [2.24, 2.45) is 0 Å². The van der Waals surface area contributed by atoms with Crippen LogP contribution in [0.2, 0.25) is 5.02 Å². The highest BCUT2D eigenvalue weighted by Gasteiger charge is 2.15. The Hall–Kier alpha value is -0.890. The molecule has 2 N–H and O–H groups in total. The molecule has 14 heavy (non-hydrogen) atoms. The number of halogens is 1. The average Bonchev–Trinajstić information content (AvgIpc) is 2.19. The minimum absolute atomic E-state index is 0.770. The van der Waals surface area contributed by atoms with Crippen molar-refractivity contribution in [2.75, 3.05) is 23.7 Å². The highest BCUT2D eigenvalue weighted by atomic mass is 35.5. The van der Waals surface area contributed by atoms with Gasteiger partial charge in [-0.25, -0.2) is 0 Å². The van der Waals surface area contributed by atoms with Gasteiger partial charge in [0.1, 0.15) is 0 Å². The van der Waals surface area contributed by atoms with Crippen LogP contribution < -0.4 is 10.6 Å². The molecule has 3 heteroatoms. The Bertz CT molecular complexity index is 299. The molecule has 1 fully saturated rings. The maximum Gasteiger partial charge on any atom is 0.0789 e. The lowest BCUT2D eigenvalue weighted by atomic mass is 10.1. The SMILES string of the molecule is Nc1cccc(Cl)c1N1CCCCC1. The van der Waals surface area contributed by atoms with Gasteiger partial charge < -0.3 is 10.6 Å². The lowest BCUT2D eigenvalue weighted by Crippen LogP contribution is -2.30. The van der Waals surface area contributed by atoms with E-state index in [4.69, 9.17) is 17.3 Å². The Morgan fingerprint density at radius 1 is 1.14 bits per heavy atom. The van der Waals surface area contributed by atoms with E-state index >= 15 is 0 Å². The third kappa shape index (κ3) is 1.80. The Morgan fingerprint density at radius 2 is 1.86 bits per heavy atom. The average molecular weight is 211 g/mol. The summed E-state index contributed by atoms with van der Waals surface area (Å²) in [5.74, 6) is 0. The van der Waals surface area contributed by atoms with Crippen LogP contribution in [0.1, 0.15) is 19.3 Å². The second-order valence-corrected chi connectivity index (χ2v) is 4.13. The first-order valence-corrected chi connectivity index (χ1v) is 5.46. The van der Waals surface area contributed by atoms with Crippen molar-refractivity contribution in [1.82, 2.24) is 0 Å². The molecule has 0 saturated carbocycles. The van der Waals surface area contributed by atoms with Crippen LogP contribution in [0.15, 0.2) is 18.2 Å². The molecule has 2 nitrogen and oxygen atoms in total. The number of para-hydroxylation sites is 1. The highest BCUT2D eigenvalue weighted by molar-refractivity contribution is 6.34. The van der Waals surface area contributed by atoms with Crippen LogP contribution in [-0.4, -0.2) is 13.1 Å². The van der Waals surface area contributed by atoms with Crippen molar-refractivity contribution in [1.29, 1.82) is 0 Å². The van der Waals surface area contributed by atoms with Gasteiger partial charge in [-0.1, -0.05) is 17.7 Å². The van der Waals surface area contributed by atoms with E-state index in [-0.39, 0.29) is 0 Å². The minimum atomic E-state index is 0.770. The summed E-state index contributed by atoms with van der Waals surface area (Å²) in [6.07, 6.45) is 3.80. The van der Waals surface area contributed by atoms with Gasteiger partial charge in [-0.2, -0.15) is 0 Å². The molecule has 1 saturated heterocycles. The molecule has 0 unspecified atom stereocenters. The van der Waals surface area contributed by atoms with E-state index in [1.165, 1.54) is 19.3 Å². The Kier molecular flexibility index (Phi) is 2.82. The van der Waals surface area contributed by atoms with Gasteiger partial charge in [0.2, 0.25) is 0 Å². The summed E-state index contributed by atoms with van der Waals surface area (Å²) in [5.41, 5.74) is 7.74. The Balaban J connectivity index is 2.29. The maximum absolute atomic E-state index is 6.14. The van der Waals surface area contributed by atoms with Crippen LogP contribution in [0.25, 0.3) is 0 Å². The van der Waals surface area contributed by atoms with E-state index in [2.05, 4.69) is 4.90 Å². The van der Waals surface area contributed by atoms with Gasteiger partial charge in [-0.3, -0.25) is 0 Å². The fourth-order valence-electron chi connectivity index (χ4n) is 1.98. The summed E-state index contributed by atoms with van der Waals surface area (Å²) in [6, 6.07) is 5.71. The van der Waals surface area contributed by atoms with E-state index in [0.717, 1.165) is 29.5 Å². The molecule has 0 amide bonds. The van der Waals surface area contributed by atoms with Gasteiger partial charge in [0.15, 0.2) is 0 Å². The molecule has 0 spiro atoms. The molecule has 1 aromatic carbocycles. The van der Waals surface area contributed by atoms with Crippen molar-refractivity contribution in [3.63, 3.8) is 0 Å². The second-order valence-electron chi connectivity index (χ2n) is 3.73. The molecule has 1 aliphatic heterocycles. The number of rotatable bonds is 1. The third-order valence-corrected chi connectivity index (χ3v) is 3.00. The number of nitrogens with two attached hydrogens (primary N) is 1. The zero-order valence-corrected chi connectivity index (χ0v) is 8.93. The summed E-state index contributed by atoms with van der Waals surface area (Å²) in [7, 11) is 0. The number of hydrogen-bond donors (Lipinski definition) is 1. The standard InChI is InChI=1S/C11H15ClN2/c12-9-5-4-6-10(13)11(9)14-7-2-1-3-8-14/h4-6H,1-3,7-8,13H2. The van der Waals surface area contributed by atoms with Crippen LogP contribution in [-0.2, 0) is 0 Å². The van der Waals surface area contributed by atoms with E-state index in [9.17, 15) is 0 Å². The van der Waals surface area contributed by atoms with Gasteiger partial charge in [0, 0.05) is 13.1 Å². The van der Waals surface area contributed by atoms with Crippen molar-refractivity contribution in [3.05, 3.63) is 23.2 Å². The first kappa shape index (κ1) is 9.66. The number of nitrogen functional groups attached to an aromatic ring is 1. The lowest BCUT2D eigenvalue weighted by Gasteiger charge is -2.30. The Labute approximate surface area is 89.7 Å². The van der Waals surface area contributed by atoms with Crippen LogP contribution >= 0.6 is 11.6 Å². The van der Waals surface area contributed by atoms with Crippen LogP contribution in [0.4, 0.5) is 11.4 Å². The second kappa shape index (κ2) is 4.09. The summed E-state index contributed by atoms with van der Waals surface area (Å²) < 4.78 is 0. The quantitative estimate of drug-likeness (QED) is 0.723. The van der Waals surface area contributed by atoms with Gasteiger partial charge in [-0.15, -0.1) is 0 Å². The molecule has 1 aliphatic rings. The highest BCUT2D eigenvalue weighted by Crippen LogP contribution is 2.33. The number of nitrogens with zero attached hydrogens (tertiary/aromatic N) is 1. The molecular weight excluding hydrogens is 196 g/mol. The van der Waals surface area contributed by atoms with Crippen molar-refractivity contribution >= 4 is 23.0 Å². The molecule has 1 aromatic rings. The molecule has 76 valence electrons. The van der Waals surface area contributed by atoms with Gasteiger partial charge in [0.05, 0.1) is 16.4 Å². The van der Waals surface area contributed by atoms with E-state index in [1.807, 2.05) is 18.2 Å². The molecule has 0 radical (unpaired) electrons. The summed E-state index contributed by atoms with van der Waals surface area (Å²) in [5, 5.41) is 0.770. The van der Waals surface area contributed by atoms with Crippen molar-refractivity contribution in [2.45, 2.75) is 19.3 Å². The minimum Gasteiger partial charge on any atom is -0.397 e. The Morgan fingerprint density at radius 3 is 2.50 bits per heavy atom. The summed E-state index contributed by atoms with van der Waals surface area (Å²) in [4.78, 5) is 2.29. The number of benzene rings is 1. The number of piperidine rings is 1. The zero-order chi connectivity index (χ0) is 9.97. The van der Waals surface area contributed by atoms with Gasteiger partial charge in [0.25, 0.3) is 0 Å². The van der Waals surface area contributed by atoms with Crippen molar-refractivity contribution in [3.8, 4) is 0 Å². The first-order valence-electron chi connectivity index (χ1n) is 5.08. The molecular formula is C11H15ClN2. The summed E-state index contributed by atoms with van der Waals surface area (Å²) in [6.45, 7) is 2.15. The smallest absolute Gasteiger partial charge is 0.0789 e. The maximum atomic E-state index is 6.14. The van der Waals surface area contributed by atoms with E-state index in [1.54, 1.807) is 0 Å². The van der Waals surface area contributed by atoms with Crippen molar-refractivity contribution < 1.29 is 0 Å². The number of hydrogen-bond acceptors (Lipinski definition) is 2. The van der Waals surface area contributed by atoms with Gasteiger partial charge in [-0.05, 0) is 31.4 Å². The van der Waals surface area contributed by atoms with Crippen LogP contribution in [0.5, 0.6) is 0 Å². The predicted octanol–water partition coefficient (Wildman–Crippen LogP) is 2.91. The molecule has 0 atom stereocenters. The number of anilines is 2. The lowest BCUT2D eigenvalue weighted by molar-refractivity contribution is 0.578.